The molecule has 0 saturated carbocycles. The van der Waals surface area contributed by atoms with E-state index in [1.54, 1.807) is 30.0 Å². The van der Waals surface area contributed by atoms with Crippen LogP contribution in [-0.4, -0.2) is 71.0 Å². The Balaban J connectivity index is 1.62. The number of carbonyl (C=O) groups is 2. The Kier molecular flexibility index (Phi) is 8.63. The molecule has 2 N–H and O–H groups in total. The summed E-state index contributed by atoms with van der Waals surface area (Å²) in [5.74, 6) is -0.0627. The van der Waals surface area contributed by atoms with Crippen LogP contribution in [0.2, 0.25) is 0 Å². The number of hydrogen-bond donors (Lipinski definition) is 2. The van der Waals surface area contributed by atoms with Crippen LogP contribution in [0.1, 0.15) is 19.3 Å². The molecule has 1 atom stereocenters. The number of thioether (sulfide) groups is 1. The SMILES string of the molecule is C=CCNC(=O)[C@@H](CCSC)NC(=O)C1CCN(S(=O)(=O)c2cccc3nsnc23)CC1. The normalized spacial score (nSPS) is 16.5. The second-order valence-corrected chi connectivity index (χ2v) is 10.9. The summed E-state index contributed by atoms with van der Waals surface area (Å²) in [4.78, 5) is 25.3. The number of nitrogens with zero attached hydrogens (tertiary/aromatic N) is 3. The molecule has 3 rings (SSSR count). The van der Waals surface area contributed by atoms with Gasteiger partial charge < -0.3 is 10.6 Å². The highest BCUT2D eigenvalue weighted by molar-refractivity contribution is 7.98. The van der Waals surface area contributed by atoms with Gasteiger partial charge >= 0.3 is 0 Å². The third kappa shape index (κ3) is 5.66. The summed E-state index contributed by atoms with van der Waals surface area (Å²) in [6, 6.07) is 4.30. The van der Waals surface area contributed by atoms with E-state index in [0.717, 1.165) is 17.5 Å². The molecule has 1 aromatic carbocycles. The van der Waals surface area contributed by atoms with E-state index >= 15 is 0 Å². The van der Waals surface area contributed by atoms with Crippen LogP contribution < -0.4 is 10.6 Å². The Morgan fingerprint density at radius 3 is 2.78 bits per heavy atom. The maximum absolute atomic E-state index is 13.2. The van der Waals surface area contributed by atoms with Gasteiger partial charge in [0.2, 0.25) is 21.8 Å². The monoisotopic (exact) mass is 497 g/mol. The Hall–Kier alpha value is -2.02. The highest BCUT2D eigenvalue weighted by Gasteiger charge is 2.34. The Morgan fingerprint density at radius 1 is 1.34 bits per heavy atom. The zero-order chi connectivity index (χ0) is 23.1. The van der Waals surface area contributed by atoms with Crippen LogP contribution >= 0.6 is 23.5 Å². The van der Waals surface area contributed by atoms with Crippen LogP contribution in [0.15, 0.2) is 35.7 Å². The molecule has 32 heavy (non-hydrogen) atoms. The molecular weight excluding hydrogens is 470 g/mol. The Labute approximate surface area is 196 Å². The van der Waals surface area contributed by atoms with Gasteiger partial charge in [0.05, 0.1) is 11.7 Å². The zero-order valence-corrected chi connectivity index (χ0v) is 20.3. The number of hydrogen-bond acceptors (Lipinski definition) is 8. The Bertz CT molecular complexity index is 1060. The maximum atomic E-state index is 13.2. The standard InChI is InChI=1S/C20H27N5O4S3/c1-3-10-21-20(27)16(9-13-30-2)22-19(26)14-7-11-25(12-8-14)32(28,29)17-6-4-5-15-18(17)24-31-23-15/h3-6,14,16H,1,7-13H2,2H3,(H,21,27)(H,22,26)/t16-/m1/s1. The molecule has 1 aliphatic heterocycles. The molecule has 174 valence electrons. The van der Waals surface area contributed by atoms with Crippen molar-refractivity contribution in [2.75, 3.05) is 31.6 Å². The molecule has 0 unspecified atom stereocenters. The Morgan fingerprint density at radius 2 is 2.09 bits per heavy atom. The second kappa shape index (κ2) is 11.2. The van der Waals surface area contributed by atoms with Gasteiger partial charge in [-0.1, -0.05) is 12.1 Å². The molecule has 0 radical (unpaired) electrons. The van der Waals surface area contributed by atoms with E-state index in [2.05, 4.69) is 26.0 Å². The van der Waals surface area contributed by atoms with Gasteiger partial charge in [0.25, 0.3) is 0 Å². The lowest BCUT2D eigenvalue weighted by atomic mass is 9.96. The van der Waals surface area contributed by atoms with Gasteiger partial charge in [-0.2, -0.15) is 24.8 Å². The fourth-order valence-corrected chi connectivity index (χ4v) is 6.27. The van der Waals surface area contributed by atoms with Gasteiger partial charge in [-0.15, -0.1) is 6.58 Å². The molecule has 1 aromatic heterocycles. The van der Waals surface area contributed by atoms with E-state index in [1.165, 1.54) is 10.4 Å². The fourth-order valence-electron chi connectivity index (χ4n) is 3.58. The first kappa shape index (κ1) is 24.6. The first-order valence-electron chi connectivity index (χ1n) is 10.3. The largest absolute Gasteiger partial charge is 0.351 e. The number of aromatic nitrogens is 2. The van der Waals surface area contributed by atoms with Crippen molar-refractivity contribution in [1.29, 1.82) is 0 Å². The van der Waals surface area contributed by atoms with E-state index in [0.29, 0.717) is 36.8 Å². The highest BCUT2D eigenvalue weighted by atomic mass is 32.2. The van der Waals surface area contributed by atoms with Crippen molar-refractivity contribution in [2.24, 2.45) is 5.92 Å². The lowest BCUT2D eigenvalue weighted by Crippen LogP contribution is -2.50. The second-order valence-electron chi connectivity index (χ2n) is 7.44. The van der Waals surface area contributed by atoms with Crippen LogP contribution in [0.5, 0.6) is 0 Å². The van der Waals surface area contributed by atoms with Crippen LogP contribution in [0, 0.1) is 5.92 Å². The topological polar surface area (TPSA) is 121 Å². The fraction of sp³-hybridized carbons (Fsp3) is 0.500. The maximum Gasteiger partial charge on any atom is 0.245 e. The van der Waals surface area contributed by atoms with Gasteiger partial charge in [0.15, 0.2) is 0 Å². The molecule has 1 fully saturated rings. The van der Waals surface area contributed by atoms with E-state index in [1.807, 2.05) is 6.26 Å². The third-order valence-corrected chi connectivity index (χ3v) is 8.47. The molecule has 2 amide bonds. The molecule has 1 saturated heterocycles. The van der Waals surface area contributed by atoms with E-state index in [-0.39, 0.29) is 35.7 Å². The number of fused-ring (bicyclic) bond motifs is 1. The average molecular weight is 498 g/mol. The van der Waals surface area contributed by atoms with Crippen LogP contribution in [0.25, 0.3) is 11.0 Å². The molecule has 0 aliphatic carbocycles. The van der Waals surface area contributed by atoms with E-state index in [4.69, 9.17) is 0 Å². The van der Waals surface area contributed by atoms with Crippen molar-refractivity contribution >= 4 is 56.4 Å². The number of sulfonamides is 1. The lowest BCUT2D eigenvalue weighted by molar-refractivity contribution is -0.131. The number of nitrogens with one attached hydrogen (secondary N) is 2. The van der Waals surface area contributed by atoms with Crippen molar-refractivity contribution in [3.8, 4) is 0 Å². The summed E-state index contributed by atoms with van der Waals surface area (Å²) >= 11 is 2.58. The molecule has 0 spiro atoms. The third-order valence-electron chi connectivity index (χ3n) is 5.36. The molecule has 2 aromatic rings. The number of benzene rings is 1. The minimum Gasteiger partial charge on any atom is -0.351 e. The number of rotatable bonds is 10. The predicted molar refractivity (Wildman–Crippen MR) is 127 cm³/mol. The van der Waals surface area contributed by atoms with Crippen LogP contribution in [0.4, 0.5) is 0 Å². The van der Waals surface area contributed by atoms with Crippen molar-refractivity contribution in [3.63, 3.8) is 0 Å². The number of amides is 2. The number of piperidine rings is 1. The predicted octanol–water partition coefficient (Wildman–Crippen LogP) is 1.63. The van der Waals surface area contributed by atoms with Crippen LogP contribution in [-0.2, 0) is 19.6 Å². The lowest BCUT2D eigenvalue weighted by Gasteiger charge is -2.31. The highest BCUT2D eigenvalue weighted by Crippen LogP contribution is 2.28. The van der Waals surface area contributed by atoms with Crippen molar-refractivity contribution in [1.82, 2.24) is 23.7 Å². The summed E-state index contributed by atoms with van der Waals surface area (Å²) in [6.07, 6.45) is 4.83. The molecule has 2 heterocycles. The van der Waals surface area contributed by atoms with Gasteiger partial charge in [-0.25, -0.2) is 8.42 Å². The zero-order valence-electron chi connectivity index (χ0n) is 17.8. The van der Waals surface area contributed by atoms with E-state index < -0.39 is 16.1 Å². The molecule has 9 nitrogen and oxygen atoms in total. The molecule has 12 heteroatoms. The molecular formula is C20H27N5O4S3. The summed E-state index contributed by atoms with van der Waals surface area (Å²) in [6.45, 7) is 4.38. The smallest absolute Gasteiger partial charge is 0.245 e. The van der Waals surface area contributed by atoms with Gasteiger partial charge in [0.1, 0.15) is 22.0 Å². The van der Waals surface area contributed by atoms with Gasteiger partial charge in [-0.3, -0.25) is 9.59 Å². The summed E-state index contributed by atoms with van der Waals surface area (Å²) in [5, 5.41) is 5.58. The first-order chi connectivity index (χ1) is 15.4. The van der Waals surface area contributed by atoms with Crippen molar-refractivity contribution < 1.29 is 18.0 Å². The van der Waals surface area contributed by atoms with Crippen molar-refractivity contribution in [3.05, 3.63) is 30.9 Å². The summed E-state index contributed by atoms with van der Waals surface area (Å²) in [7, 11) is -3.74. The van der Waals surface area contributed by atoms with Crippen molar-refractivity contribution in [2.45, 2.75) is 30.2 Å². The molecule has 1 aliphatic rings. The quantitative estimate of drug-likeness (QED) is 0.479. The minimum atomic E-state index is -3.74. The van der Waals surface area contributed by atoms with Gasteiger partial charge in [0, 0.05) is 25.6 Å². The number of carbonyl (C=O) groups excluding carboxylic acids is 2. The molecule has 0 bridgehead atoms. The average Bonchev–Trinajstić information content (AvgIpc) is 3.29. The van der Waals surface area contributed by atoms with E-state index in [9.17, 15) is 18.0 Å². The minimum absolute atomic E-state index is 0.141. The summed E-state index contributed by atoms with van der Waals surface area (Å²) < 4.78 is 36.0. The van der Waals surface area contributed by atoms with Gasteiger partial charge in [-0.05, 0) is 43.4 Å². The summed E-state index contributed by atoms with van der Waals surface area (Å²) in [5.41, 5.74) is 0.927. The van der Waals surface area contributed by atoms with Crippen LogP contribution in [0.3, 0.4) is 0 Å². The first-order valence-corrected chi connectivity index (χ1v) is 13.8.